The number of ether oxygens (including phenoxy) is 2. The van der Waals surface area contributed by atoms with Crippen LogP contribution in [-0.4, -0.2) is 31.5 Å². The lowest BCUT2D eigenvalue weighted by atomic mass is 10.1. The lowest BCUT2D eigenvalue weighted by molar-refractivity contribution is 0.180. The first kappa shape index (κ1) is 12.2. The van der Waals surface area contributed by atoms with Crippen LogP contribution in [-0.2, 0) is 4.74 Å². The zero-order valence-electron chi connectivity index (χ0n) is 10.3. The minimum Gasteiger partial charge on any atom is -0.508 e. The van der Waals surface area contributed by atoms with Crippen molar-refractivity contribution in [1.29, 1.82) is 0 Å². The van der Waals surface area contributed by atoms with Gasteiger partial charge in [-0.2, -0.15) is 0 Å². The molecule has 0 amide bonds. The third-order valence-electron chi connectivity index (χ3n) is 3.02. The number of hydrogen-bond acceptors (Lipinski definition) is 4. The van der Waals surface area contributed by atoms with Crippen LogP contribution in [0.2, 0.25) is 0 Å². The molecule has 0 aromatic heterocycles. The molecule has 0 saturated carbocycles. The number of aromatic hydroxyl groups is 1. The zero-order valence-corrected chi connectivity index (χ0v) is 10.3. The summed E-state index contributed by atoms with van der Waals surface area (Å²) in [5.41, 5.74) is 1.12. The van der Waals surface area contributed by atoms with Gasteiger partial charge in [0, 0.05) is 31.4 Å². The molecule has 2 rings (SSSR count). The number of methoxy groups -OCH3 is 1. The van der Waals surface area contributed by atoms with Crippen LogP contribution < -0.4 is 10.1 Å². The summed E-state index contributed by atoms with van der Waals surface area (Å²) >= 11 is 0. The number of benzene rings is 1. The fraction of sp³-hybridized carbons (Fsp3) is 0.538. The molecule has 1 aliphatic rings. The first-order valence-corrected chi connectivity index (χ1v) is 5.91. The summed E-state index contributed by atoms with van der Waals surface area (Å²) in [5, 5.41) is 12.9. The van der Waals surface area contributed by atoms with Crippen molar-refractivity contribution in [2.24, 2.45) is 0 Å². The van der Waals surface area contributed by atoms with Gasteiger partial charge < -0.3 is 19.9 Å². The molecule has 1 aromatic carbocycles. The molecule has 17 heavy (non-hydrogen) atoms. The highest BCUT2D eigenvalue weighted by Gasteiger charge is 2.25. The second kappa shape index (κ2) is 5.38. The average molecular weight is 237 g/mol. The molecule has 0 radical (unpaired) electrons. The molecule has 4 heteroatoms. The van der Waals surface area contributed by atoms with E-state index in [1.807, 2.05) is 6.07 Å². The van der Waals surface area contributed by atoms with E-state index in [2.05, 4.69) is 12.2 Å². The monoisotopic (exact) mass is 237 g/mol. The van der Waals surface area contributed by atoms with E-state index in [-0.39, 0.29) is 11.8 Å². The van der Waals surface area contributed by atoms with Gasteiger partial charge in [0.25, 0.3) is 0 Å². The second-order valence-corrected chi connectivity index (χ2v) is 4.43. The highest BCUT2D eigenvalue weighted by Crippen LogP contribution is 2.35. The van der Waals surface area contributed by atoms with Crippen LogP contribution >= 0.6 is 0 Å². The van der Waals surface area contributed by atoms with Gasteiger partial charge in [-0.1, -0.05) is 0 Å². The van der Waals surface area contributed by atoms with Crippen molar-refractivity contribution in [1.82, 2.24) is 5.32 Å². The summed E-state index contributed by atoms with van der Waals surface area (Å²) < 4.78 is 10.6. The number of phenolic OH excluding ortho intramolecular Hbond substituents is 1. The zero-order chi connectivity index (χ0) is 12.3. The number of fused-ring (bicyclic) bond motifs is 1. The lowest BCUT2D eigenvalue weighted by Crippen LogP contribution is -2.32. The molecule has 0 bridgehead atoms. The molecule has 0 fully saturated rings. The molecule has 94 valence electrons. The third-order valence-corrected chi connectivity index (χ3v) is 3.02. The van der Waals surface area contributed by atoms with Gasteiger partial charge in [0.05, 0.1) is 6.04 Å². The van der Waals surface area contributed by atoms with Crippen LogP contribution in [0.5, 0.6) is 11.5 Å². The van der Waals surface area contributed by atoms with E-state index in [0.717, 1.165) is 24.3 Å². The minimum atomic E-state index is 0.206. The summed E-state index contributed by atoms with van der Waals surface area (Å²) in [7, 11) is 1.71. The molecule has 1 aliphatic heterocycles. The van der Waals surface area contributed by atoms with Crippen LogP contribution in [0.1, 0.15) is 24.9 Å². The van der Waals surface area contributed by atoms with E-state index >= 15 is 0 Å². The lowest BCUT2D eigenvalue weighted by Gasteiger charge is -2.18. The Labute approximate surface area is 102 Å². The first-order valence-electron chi connectivity index (χ1n) is 5.91. The molecule has 2 atom stereocenters. The van der Waals surface area contributed by atoms with E-state index in [1.165, 1.54) is 0 Å². The molecular weight excluding hydrogens is 218 g/mol. The highest BCUT2D eigenvalue weighted by atomic mass is 16.5. The van der Waals surface area contributed by atoms with E-state index < -0.39 is 0 Å². The summed E-state index contributed by atoms with van der Waals surface area (Å²) in [4.78, 5) is 0. The quantitative estimate of drug-likeness (QED) is 0.820. The standard InChI is InChI=1S/C13H19NO3/c1-9(5-6-16-2)14-12-8-17-13-7-10(15)3-4-11(12)13/h3-4,7,9,12,14-15H,5-6,8H2,1-2H3. The Morgan fingerprint density at radius 2 is 2.41 bits per heavy atom. The number of phenols is 1. The van der Waals surface area contributed by atoms with Gasteiger partial charge >= 0.3 is 0 Å². The van der Waals surface area contributed by atoms with Crippen LogP contribution in [0.15, 0.2) is 18.2 Å². The summed E-state index contributed by atoms with van der Waals surface area (Å²) in [6.07, 6.45) is 0.973. The average Bonchev–Trinajstić information content (AvgIpc) is 2.69. The van der Waals surface area contributed by atoms with Gasteiger partial charge in [0.15, 0.2) is 0 Å². The van der Waals surface area contributed by atoms with Crippen molar-refractivity contribution < 1.29 is 14.6 Å². The van der Waals surface area contributed by atoms with E-state index in [0.29, 0.717) is 12.6 Å². The minimum absolute atomic E-state index is 0.206. The van der Waals surface area contributed by atoms with Crippen molar-refractivity contribution in [2.75, 3.05) is 20.3 Å². The Kier molecular flexibility index (Phi) is 3.86. The Hall–Kier alpha value is -1.26. The fourth-order valence-corrected chi connectivity index (χ4v) is 2.06. The van der Waals surface area contributed by atoms with Crippen molar-refractivity contribution in [2.45, 2.75) is 25.4 Å². The van der Waals surface area contributed by atoms with Crippen molar-refractivity contribution >= 4 is 0 Å². The summed E-state index contributed by atoms with van der Waals surface area (Å²) in [5.74, 6) is 1.03. The maximum atomic E-state index is 9.36. The maximum absolute atomic E-state index is 9.36. The molecule has 0 spiro atoms. The smallest absolute Gasteiger partial charge is 0.127 e. The molecule has 4 nitrogen and oxygen atoms in total. The molecule has 1 aromatic rings. The SMILES string of the molecule is COCCC(C)NC1COc2cc(O)ccc21. The Bertz CT molecular complexity index is 381. The van der Waals surface area contributed by atoms with Crippen LogP contribution in [0.3, 0.4) is 0 Å². The molecule has 0 saturated heterocycles. The van der Waals surface area contributed by atoms with Gasteiger partial charge in [0.1, 0.15) is 18.1 Å². The predicted octanol–water partition coefficient (Wildman–Crippen LogP) is 1.84. The van der Waals surface area contributed by atoms with Crippen LogP contribution in [0, 0.1) is 0 Å². The molecular formula is C13H19NO3. The normalized spacial score (nSPS) is 19.8. The Balaban J connectivity index is 1.97. The summed E-state index contributed by atoms with van der Waals surface area (Å²) in [6.45, 7) is 3.51. The molecule has 2 unspecified atom stereocenters. The number of rotatable bonds is 5. The van der Waals surface area contributed by atoms with Gasteiger partial charge in [-0.25, -0.2) is 0 Å². The Morgan fingerprint density at radius 3 is 3.18 bits per heavy atom. The van der Waals surface area contributed by atoms with E-state index in [1.54, 1.807) is 19.2 Å². The van der Waals surface area contributed by atoms with Gasteiger partial charge in [-0.15, -0.1) is 0 Å². The maximum Gasteiger partial charge on any atom is 0.127 e. The topological polar surface area (TPSA) is 50.7 Å². The van der Waals surface area contributed by atoms with Gasteiger partial charge in [0.2, 0.25) is 0 Å². The third kappa shape index (κ3) is 2.90. The molecule has 0 aliphatic carbocycles. The van der Waals surface area contributed by atoms with E-state index in [9.17, 15) is 5.11 Å². The van der Waals surface area contributed by atoms with Crippen molar-refractivity contribution in [3.8, 4) is 11.5 Å². The summed E-state index contributed by atoms with van der Waals surface area (Å²) in [6, 6.07) is 5.86. The number of hydrogen-bond donors (Lipinski definition) is 2. The van der Waals surface area contributed by atoms with Crippen molar-refractivity contribution in [3.63, 3.8) is 0 Å². The fourth-order valence-electron chi connectivity index (χ4n) is 2.06. The van der Waals surface area contributed by atoms with Crippen LogP contribution in [0.4, 0.5) is 0 Å². The molecule has 2 N–H and O–H groups in total. The van der Waals surface area contributed by atoms with Gasteiger partial charge in [-0.05, 0) is 25.5 Å². The Morgan fingerprint density at radius 1 is 1.59 bits per heavy atom. The highest BCUT2D eigenvalue weighted by molar-refractivity contribution is 5.44. The molecule has 1 heterocycles. The second-order valence-electron chi connectivity index (χ2n) is 4.43. The van der Waals surface area contributed by atoms with E-state index in [4.69, 9.17) is 9.47 Å². The van der Waals surface area contributed by atoms with Gasteiger partial charge in [-0.3, -0.25) is 0 Å². The van der Waals surface area contributed by atoms with Crippen molar-refractivity contribution in [3.05, 3.63) is 23.8 Å². The van der Waals surface area contributed by atoms with Crippen LogP contribution in [0.25, 0.3) is 0 Å². The largest absolute Gasteiger partial charge is 0.508 e. The number of nitrogens with one attached hydrogen (secondary N) is 1. The first-order chi connectivity index (χ1) is 8.20. The predicted molar refractivity (Wildman–Crippen MR) is 65.4 cm³/mol.